The van der Waals surface area contributed by atoms with Gasteiger partial charge in [0.2, 0.25) is 5.91 Å². The van der Waals surface area contributed by atoms with Crippen LogP contribution in [0.4, 0.5) is 0 Å². The van der Waals surface area contributed by atoms with E-state index in [1.165, 1.54) is 32.1 Å². The Hall–Kier alpha value is -0.0500. The highest BCUT2D eigenvalue weighted by molar-refractivity contribution is 9.09. The molecule has 2 nitrogen and oxygen atoms in total. The van der Waals surface area contributed by atoms with Crippen LogP contribution in [-0.2, 0) is 4.79 Å². The van der Waals surface area contributed by atoms with Crippen molar-refractivity contribution in [3.8, 4) is 0 Å². The molecule has 0 atom stereocenters. The molecule has 2 aliphatic rings. The first-order valence-electron chi connectivity index (χ1n) is 6.17. The van der Waals surface area contributed by atoms with Crippen molar-refractivity contribution in [2.24, 2.45) is 11.8 Å². The molecule has 86 valence electrons. The summed E-state index contributed by atoms with van der Waals surface area (Å²) in [7, 11) is 0. The quantitative estimate of drug-likeness (QED) is 0.788. The van der Waals surface area contributed by atoms with Gasteiger partial charge in [0.15, 0.2) is 0 Å². The number of carbonyl (C=O) groups is 1. The largest absolute Gasteiger partial charge is 0.356 e. The molecule has 0 radical (unpaired) electrons. The molecule has 1 amide bonds. The first-order chi connectivity index (χ1) is 7.25. The zero-order valence-electron chi connectivity index (χ0n) is 9.18. The van der Waals surface area contributed by atoms with Crippen molar-refractivity contribution in [2.45, 2.75) is 49.8 Å². The van der Waals surface area contributed by atoms with Crippen LogP contribution in [0, 0.1) is 11.8 Å². The Morgan fingerprint density at radius 2 is 1.80 bits per heavy atom. The molecule has 0 aromatic carbocycles. The first-order valence-corrected chi connectivity index (χ1v) is 7.09. The number of alkyl halides is 1. The smallest absolute Gasteiger partial charge is 0.223 e. The van der Waals surface area contributed by atoms with Crippen LogP contribution in [0.3, 0.4) is 0 Å². The van der Waals surface area contributed by atoms with Crippen LogP contribution in [0.5, 0.6) is 0 Å². The molecule has 0 saturated heterocycles. The van der Waals surface area contributed by atoms with E-state index in [1.54, 1.807) is 0 Å². The van der Waals surface area contributed by atoms with Gasteiger partial charge in [-0.05, 0) is 44.4 Å². The third-order valence-electron chi connectivity index (χ3n) is 3.82. The fourth-order valence-corrected chi connectivity index (χ4v) is 2.91. The Morgan fingerprint density at radius 1 is 1.13 bits per heavy atom. The average molecular weight is 274 g/mol. The monoisotopic (exact) mass is 273 g/mol. The van der Waals surface area contributed by atoms with E-state index in [4.69, 9.17) is 0 Å². The van der Waals surface area contributed by atoms with Crippen molar-refractivity contribution in [1.82, 2.24) is 5.32 Å². The van der Waals surface area contributed by atoms with E-state index in [-0.39, 0.29) is 0 Å². The van der Waals surface area contributed by atoms with Gasteiger partial charge in [0.25, 0.3) is 0 Å². The first kappa shape index (κ1) is 11.4. The highest BCUT2D eigenvalue weighted by atomic mass is 79.9. The minimum atomic E-state index is 0.308. The molecule has 0 spiro atoms. The van der Waals surface area contributed by atoms with Crippen LogP contribution < -0.4 is 5.32 Å². The number of hydrogen-bond donors (Lipinski definition) is 1. The van der Waals surface area contributed by atoms with Crippen LogP contribution in [0.2, 0.25) is 0 Å². The van der Waals surface area contributed by atoms with E-state index >= 15 is 0 Å². The molecule has 1 N–H and O–H groups in total. The fraction of sp³-hybridized carbons (Fsp3) is 0.917. The molecule has 3 heteroatoms. The van der Waals surface area contributed by atoms with Crippen molar-refractivity contribution >= 4 is 21.8 Å². The molecule has 0 aliphatic heterocycles. The van der Waals surface area contributed by atoms with E-state index in [0.717, 1.165) is 30.1 Å². The second-order valence-electron chi connectivity index (χ2n) is 4.99. The lowest BCUT2D eigenvalue weighted by Gasteiger charge is -2.28. The number of nitrogens with one attached hydrogen (secondary N) is 1. The Bertz CT molecular complexity index is 220. The van der Waals surface area contributed by atoms with Crippen molar-refractivity contribution in [3.05, 3.63) is 0 Å². The van der Waals surface area contributed by atoms with Gasteiger partial charge >= 0.3 is 0 Å². The van der Waals surface area contributed by atoms with Gasteiger partial charge in [-0.1, -0.05) is 22.4 Å². The summed E-state index contributed by atoms with van der Waals surface area (Å²) in [6.45, 7) is 0.912. The van der Waals surface area contributed by atoms with Crippen LogP contribution in [0.1, 0.15) is 44.9 Å². The van der Waals surface area contributed by atoms with Gasteiger partial charge in [-0.15, -0.1) is 0 Å². The summed E-state index contributed by atoms with van der Waals surface area (Å²) in [5.74, 6) is 1.38. The van der Waals surface area contributed by atoms with Crippen LogP contribution in [-0.4, -0.2) is 17.3 Å². The van der Waals surface area contributed by atoms with Gasteiger partial charge in [-0.25, -0.2) is 0 Å². The molecular formula is C12H20BrNO. The summed E-state index contributed by atoms with van der Waals surface area (Å²) in [5.41, 5.74) is 0. The summed E-state index contributed by atoms with van der Waals surface area (Å²) in [6, 6.07) is 0. The summed E-state index contributed by atoms with van der Waals surface area (Å²) in [5, 5.41) is 3.11. The van der Waals surface area contributed by atoms with Gasteiger partial charge in [0, 0.05) is 17.3 Å². The molecule has 0 unspecified atom stereocenters. The molecule has 15 heavy (non-hydrogen) atoms. The third-order valence-corrected chi connectivity index (χ3v) is 4.73. The summed E-state index contributed by atoms with van der Waals surface area (Å²) < 4.78 is 0. The summed E-state index contributed by atoms with van der Waals surface area (Å²) in [4.78, 5) is 12.3. The minimum Gasteiger partial charge on any atom is -0.356 e. The highest BCUT2D eigenvalue weighted by Crippen LogP contribution is 2.29. The van der Waals surface area contributed by atoms with Gasteiger partial charge in [0.05, 0.1) is 0 Å². The van der Waals surface area contributed by atoms with E-state index in [9.17, 15) is 4.79 Å². The number of hydrogen-bond acceptors (Lipinski definition) is 1. The molecule has 2 rings (SSSR count). The standard InChI is InChI=1S/C12H20BrNO/c13-11-6-4-9(5-7-11)8-14-12(15)10-2-1-3-10/h9-11H,1-8H2,(H,14,15). The van der Waals surface area contributed by atoms with E-state index in [1.807, 2.05) is 0 Å². The van der Waals surface area contributed by atoms with Crippen molar-refractivity contribution < 1.29 is 4.79 Å². The number of amides is 1. The molecule has 2 fully saturated rings. The molecule has 0 bridgehead atoms. The van der Waals surface area contributed by atoms with E-state index in [2.05, 4.69) is 21.2 Å². The van der Waals surface area contributed by atoms with Crippen LogP contribution >= 0.6 is 15.9 Å². The lowest BCUT2D eigenvalue weighted by atomic mass is 9.84. The number of carbonyl (C=O) groups excluding carboxylic acids is 1. The van der Waals surface area contributed by atoms with Crippen molar-refractivity contribution in [1.29, 1.82) is 0 Å². The van der Waals surface area contributed by atoms with Crippen LogP contribution in [0.25, 0.3) is 0 Å². The van der Waals surface area contributed by atoms with Gasteiger partial charge < -0.3 is 5.32 Å². The van der Waals surface area contributed by atoms with E-state index < -0.39 is 0 Å². The minimum absolute atomic E-state index is 0.308. The normalized spacial score (nSPS) is 32.1. The molecule has 2 aliphatic carbocycles. The second kappa shape index (κ2) is 5.33. The Labute approximate surface area is 100 Å². The summed E-state index contributed by atoms with van der Waals surface area (Å²) in [6.07, 6.45) is 8.53. The molecule has 0 aromatic rings. The van der Waals surface area contributed by atoms with Crippen molar-refractivity contribution in [3.63, 3.8) is 0 Å². The van der Waals surface area contributed by atoms with Gasteiger partial charge in [-0.2, -0.15) is 0 Å². The number of rotatable bonds is 3. The lowest BCUT2D eigenvalue weighted by Crippen LogP contribution is -2.38. The van der Waals surface area contributed by atoms with Gasteiger partial charge in [-0.3, -0.25) is 4.79 Å². The van der Waals surface area contributed by atoms with Gasteiger partial charge in [0.1, 0.15) is 0 Å². The molecule has 0 aromatic heterocycles. The highest BCUT2D eigenvalue weighted by Gasteiger charge is 2.26. The summed E-state index contributed by atoms with van der Waals surface area (Å²) >= 11 is 3.65. The maximum Gasteiger partial charge on any atom is 0.223 e. The number of halogens is 1. The second-order valence-corrected chi connectivity index (χ2v) is 6.29. The third kappa shape index (κ3) is 3.20. The van der Waals surface area contributed by atoms with Crippen LogP contribution in [0.15, 0.2) is 0 Å². The predicted molar refractivity (Wildman–Crippen MR) is 65.0 cm³/mol. The molecule has 2 saturated carbocycles. The maximum atomic E-state index is 11.6. The molecular weight excluding hydrogens is 254 g/mol. The predicted octanol–water partition coefficient (Wildman–Crippen LogP) is 2.86. The SMILES string of the molecule is O=C(NCC1CCC(Br)CC1)C1CCC1. The lowest BCUT2D eigenvalue weighted by molar-refractivity contribution is -0.127. The molecule has 0 heterocycles. The zero-order chi connectivity index (χ0) is 10.7. The Kier molecular flexibility index (Phi) is 4.06. The average Bonchev–Trinajstić information content (AvgIpc) is 2.14. The fourth-order valence-electron chi connectivity index (χ4n) is 2.39. The maximum absolute atomic E-state index is 11.6. The van der Waals surface area contributed by atoms with E-state index in [0.29, 0.717) is 11.8 Å². The zero-order valence-corrected chi connectivity index (χ0v) is 10.8. The Morgan fingerprint density at radius 3 is 2.33 bits per heavy atom. The topological polar surface area (TPSA) is 29.1 Å². The van der Waals surface area contributed by atoms with Crippen molar-refractivity contribution in [2.75, 3.05) is 6.54 Å². The Balaban J connectivity index is 1.62.